The monoisotopic (exact) mass is 188 g/mol. The van der Waals surface area contributed by atoms with Gasteiger partial charge in [-0.15, -0.1) is 0 Å². The minimum absolute atomic E-state index is 0.325. The summed E-state index contributed by atoms with van der Waals surface area (Å²) in [5.74, 6) is 0.371. The lowest BCUT2D eigenvalue weighted by atomic mass is 9.82. The lowest BCUT2D eigenvalue weighted by Gasteiger charge is -2.29. The molecule has 0 amide bonds. The van der Waals surface area contributed by atoms with E-state index in [1.54, 1.807) is 0 Å². The molecule has 0 unspecified atom stereocenters. The smallest absolute Gasteiger partial charge is 0.0991 e. The molecule has 0 saturated heterocycles. The lowest BCUT2D eigenvalue weighted by Crippen LogP contribution is -2.38. The fourth-order valence-corrected chi connectivity index (χ4v) is 1.24. The zero-order valence-electron chi connectivity index (χ0n) is 8.91. The van der Waals surface area contributed by atoms with Crippen LogP contribution in [-0.4, -0.2) is 0 Å². The van der Waals surface area contributed by atoms with Crippen LogP contribution in [0.25, 0.3) is 0 Å². The number of nitrogens with two attached hydrogens (primary N) is 1. The Morgan fingerprint density at radius 2 is 1.79 bits per heavy atom. The molecule has 0 aromatic heterocycles. The fraction of sp³-hybridized carbons (Fsp3) is 0.417. The van der Waals surface area contributed by atoms with E-state index in [-0.39, 0.29) is 5.54 Å². The van der Waals surface area contributed by atoms with Crippen molar-refractivity contribution in [2.75, 3.05) is 0 Å². The second-order valence-corrected chi connectivity index (χ2v) is 4.13. The maximum atomic E-state index is 8.66. The van der Waals surface area contributed by atoms with Gasteiger partial charge in [0.05, 0.1) is 11.6 Å². The van der Waals surface area contributed by atoms with Crippen molar-refractivity contribution < 1.29 is 0 Å². The topological polar surface area (TPSA) is 49.8 Å². The predicted molar refractivity (Wildman–Crippen MR) is 57.5 cm³/mol. The van der Waals surface area contributed by atoms with Gasteiger partial charge in [0.15, 0.2) is 0 Å². The van der Waals surface area contributed by atoms with Crippen LogP contribution in [0.1, 0.15) is 31.9 Å². The fourth-order valence-electron chi connectivity index (χ4n) is 1.24. The van der Waals surface area contributed by atoms with Crippen molar-refractivity contribution in [2.24, 2.45) is 11.7 Å². The van der Waals surface area contributed by atoms with Crippen LogP contribution in [0, 0.1) is 17.2 Å². The Labute approximate surface area is 85.4 Å². The van der Waals surface area contributed by atoms with Crippen molar-refractivity contribution in [1.29, 1.82) is 5.26 Å². The number of benzene rings is 1. The first-order valence-corrected chi connectivity index (χ1v) is 4.78. The number of rotatable bonds is 2. The molecule has 2 N–H and O–H groups in total. The van der Waals surface area contributed by atoms with Crippen molar-refractivity contribution in [3.8, 4) is 6.07 Å². The number of hydrogen-bond donors (Lipinski definition) is 1. The Morgan fingerprint density at radius 3 is 2.14 bits per heavy atom. The molecule has 1 aromatic carbocycles. The van der Waals surface area contributed by atoms with Gasteiger partial charge in [-0.05, 0) is 30.5 Å². The summed E-state index contributed by atoms with van der Waals surface area (Å²) in [5.41, 5.74) is 7.61. The van der Waals surface area contributed by atoms with E-state index in [1.807, 2.05) is 31.2 Å². The molecule has 0 saturated carbocycles. The minimum atomic E-state index is -0.325. The Kier molecular flexibility index (Phi) is 2.93. The lowest BCUT2D eigenvalue weighted by molar-refractivity contribution is 0.350. The minimum Gasteiger partial charge on any atom is -0.321 e. The molecule has 0 aliphatic heterocycles. The van der Waals surface area contributed by atoms with Gasteiger partial charge in [-0.3, -0.25) is 0 Å². The highest BCUT2D eigenvalue weighted by atomic mass is 14.7. The molecule has 0 aliphatic rings. The van der Waals surface area contributed by atoms with Gasteiger partial charge in [0.1, 0.15) is 0 Å². The Hall–Kier alpha value is -1.33. The van der Waals surface area contributed by atoms with Crippen LogP contribution in [-0.2, 0) is 5.54 Å². The van der Waals surface area contributed by atoms with Gasteiger partial charge in [-0.1, -0.05) is 26.0 Å². The number of nitrogens with zero attached hydrogens (tertiary/aromatic N) is 1. The van der Waals surface area contributed by atoms with Gasteiger partial charge in [0.2, 0.25) is 0 Å². The second kappa shape index (κ2) is 3.81. The number of nitriles is 1. The van der Waals surface area contributed by atoms with Gasteiger partial charge in [0.25, 0.3) is 0 Å². The third kappa shape index (κ3) is 1.94. The Balaban J connectivity index is 3.04. The Morgan fingerprint density at radius 1 is 1.29 bits per heavy atom. The summed E-state index contributed by atoms with van der Waals surface area (Å²) in [6.07, 6.45) is 0. The third-order valence-corrected chi connectivity index (χ3v) is 2.84. The third-order valence-electron chi connectivity index (χ3n) is 2.84. The predicted octanol–water partition coefficient (Wildman–Crippen LogP) is 2.39. The highest BCUT2D eigenvalue weighted by molar-refractivity contribution is 5.34. The van der Waals surface area contributed by atoms with Gasteiger partial charge >= 0.3 is 0 Å². The molecule has 74 valence electrons. The van der Waals surface area contributed by atoms with Gasteiger partial charge in [0, 0.05) is 5.54 Å². The molecule has 0 spiro atoms. The van der Waals surface area contributed by atoms with Crippen LogP contribution in [0.4, 0.5) is 0 Å². The molecule has 0 aliphatic carbocycles. The highest BCUT2D eigenvalue weighted by Crippen LogP contribution is 2.25. The van der Waals surface area contributed by atoms with Gasteiger partial charge in [-0.25, -0.2) is 0 Å². The molecule has 0 bridgehead atoms. The average molecular weight is 188 g/mol. The molecular weight excluding hydrogens is 172 g/mol. The Bertz CT molecular complexity index is 342. The van der Waals surface area contributed by atoms with Gasteiger partial charge < -0.3 is 5.73 Å². The largest absolute Gasteiger partial charge is 0.321 e. The van der Waals surface area contributed by atoms with Crippen LogP contribution in [0.3, 0.4) is 0 Å². The molecular formula is C12H16N2. The zero-order chi connectivity index (χ0) is 10.8. The van der Waals surface area contributed by atoms with Crippen LogP contribution >= 0.6 is 0 Å². The molecule has 2 nitrogen and oxygen atoms in total. The van der Waals surface area contributed by atoms with E-state index in [2.05, 4.69) is 19.9 Å². The van der Waals surface area contributed by atoms with Crippen molar-refractivity contribution >= 4 is 0 Å². The molecule has 0 fully saturated rings. The molecule has 1 rings (SSSR count). The van der Waals surface area contributed by atoms with E-state index >= 15 is 0 Å². The second-order valence-electron chi connectivity index (χ2n) is 4.13. The van der Waals surface area contributed by atoms with Crippen LogP contribution in [0.2, 0.25) is 0 Å². The van der Waals surface area contributed by atoms with Crippen LogP contribution in [0.15, 0.2) is 24.3 Å². The summed E-state index contributed by atoms with van der Waals surface area (Å²) in [7, 11) is 0. The van der Waals surface area contributed by atoms with E-state index in [9.17, 15) is 0 Å². The molecule has 14 heavy (non-hydrogen) atoms. The zero-order valence-corrected chi connectivity index (χ0v) is 8.91. The summed E-state index contributed by atoms with van der Waals surface area (Å²) in [6, 6.07) is 9.57. The molecule has 1 aromatic rings. The molecule has 0 heterocycles. The maximum absolute atomic E-state index is 8.66. The standard InChI is InChI=1S/C12H16N2/c1-9(2)12(3,14)11-6-4-10(8-13)5-7-11/h4-7,9H,14H2,1-3H3/t12-/m1/s1. The summed E-state index contributed by atoms with van der Waals surface area (Å²) in [6.45, 7) is 6.20. The van der Waals surface area contributed by atoms with E-state index in [0.717, 1.165) is 5.56 Å². The quantitative estimate of drug-likeness (QED) is 0.774. The first-order chi connectivity index (χ1) is 6.48. The average Bonchev–Trinajstić information content (AvgIpc) is 2.17. The van der Waals surface area contributed by atoms with Crippen molar-refractivity contribution in [2.45, 2.75) is 26.3 Å². The van der Waals surface area contributed by atoms with Crippen molar-refractivity contribution in [1.82, 2.24) is 0 Å². The SMILES string of the molecule is CC(C)[C@@](C)(N)c1ccc(C#N)cc1. The van der Waals surface area contributed by atoms with Crippen molar-refractivity contribution in [3.63, 3.8) is 0 Å². The van der Waals surface area contributed by atoms with Gasteiger partial charge in [-0.2, -0.15) is 5.26 Å². The summed E-state index contributed by atoms with van der Waals surface area (Å²) >= 11 is 0. The van der Waals surface area contributed by atoms with E-state index in [1.165, 1.54) is 0 Å². The van der Waals surface area contributed by atoms with Crippen molar-refractivity contribution in [3.05, 3.63) is 35.4 Å². The molecule has 1 atom stereocenters. The first-order valence-electron chi connectivity index (χ1n) is 4.78. The molecule has 0 radical (unpaired) electrons. The van der Waals surface area contributed by atoms with E-state index < -0.39 is 0 Å². The van der Waals surface area contributed by atoms with E-state index in [4.69, 9.17) is 11.0 Å². The maximum Gasteiger partial charge on any atom is 0.0991 e. The van der Waals surface area contributed by atoms with Crippen LogP contribution < -0.4 is 5.73 Å². The highest BCUT2D eigenvalue weighted by Gasteiger charge is 2.24. The summed E-state index contributed by atoms with van der Waals surface area (Å²) < 4.78 is 0. The number of hydrogen-bond acceptors (Lipinski definition) is 2. The summed E-state index contributed by atoms with van der Waals surface area (Å²) in [5, 5.41) is 8.66. The summed E-state index contributed by atoms with van der Waals surface area (Å²) in [4.78, 5) is 0. The first kappa shape index (κ1) is 10.7. The van der Waals surface area contributed by atoms with E-state index in [0.29, 0.717) is 11.5 Å². The normalized spacial score (nSPS) is 14.9. The molecule has 2 heteroatoms. The van der Waals surface area contributed by atoms with Crippen LogP contribution in [0.5, 0.6) is 0 Å².